The van der Waals surface area contributed by atoms with Gasteiger partial charge in [-0.2, -0.15) is 0 Å². The molecule has 0 bridgehead atoms. The molecule has 1 rings (SSSR count). The van der Waals surface area contributed by atoms with E-state index in [1.165, 1.54) is 12.1 Å². The van der Waals surface area contributed by atoms with E-state index in [4.69, 9.17) is 11.6 Å². The third kappa shape index (κ3) is 5.63. The summed E-state index contributed by atoms with van der Waals surface area (Å²) in [5.41, 5.74) is 0.177. The topological polar surface area (TPSA) is 60.9 Å². The Bertz CT molecular complexity index is 570. The Morgan fingerprint density at radius 1 is 0.885 bits per heavy atom. The Morgan fingerprint density at radius 2 is 1.27 bits per heavy atom. The first-order chi connectivity index (χ1) is 12.4. The third-order valence-electron chi connectivity index (χ3n) is 4.44. The highest BCUT2D eigenvalue weighted by Crippen LogP contribution is 2.29. The fourth-order valence-electron chi connectivity index (χ4n) is 2.77. The van der Waals surface area contributed by atoms with Crippen LogP contribution in [0.1, 0.15) is 74.1 Å². The van der Waals surface area contributed by atoms with Crippen molar-refractivity contribution in [3.8, 4) is 5.75 Å². The lowest BCUT2D eigenvalue weighted by Gasteiger charge is -2.24. The molecule has 1 N–H and O–H groups in total. The van der Waals surface area contributed by atoms with Crippen LogP contribution < -0.4 is 0 Å². The lowest BCUT2D eigenvalue weighted by molar-refractivity contribution is 0.0755. The fourth-order valence-corrected chi connectivity index (χ4v) is 2.99. The van der Waals surface area contributed by atoms with Gasteiger partial charge in [0.05, 0.1) is 11.1 Å². The summed E-state index contributed by atoms with van der Waals surface area (Å²) in [6, 6.07) is 2.87. The highest BCUT2D eigenvalue weighted by Gasteiger charge is 2.25. The van der Waals surface area contributed by atoms with Gasteiger partial charge in [-0.1, -0.05) is 38.3 Å². The fraction of sp³-hybridized carbons (Fsp3) is 0.600. The number of hydrogen-bond acceptors (Lipinski definition) is 3. The first-order valence-corrected chi connectivity index (χ1v) is 9.89. The molecule has 0 aromatic heterocycles. The standard InChI is InChI=1S/C20H31ClN2O3/c1-5-9-11-22(7-3)19(25)16-13-15(21)14-17(18(16)24)20(26)23(8-4)12-10-6-2/h13-14,24H,5-12H2,1-4H3. The van der Waals surface area contributed by atoms with E-state index in [0.29, 0.717) is 26.2 Å². The quantitative estimate of drug-likeness (QED) is 0.644. The zero-order valence-corrected chi connectivity index (χ0v) is 17.1. The molecule has 0 aliphatic carbocycles. The van der Waals surface area contributed by atoms with E-state index in [1.54, 1.807) is 9.80 Å². The van der Waals surface area contributed by atoms with Crippen LogP contribution in [0.25, 0.3) is 0 Å². The number of aromatic hydroxyl groups is 1. The number of hydrogen-bond donors (Lipinski definition) is 1. The van der Waals surface area contributed by atoms with Crippen molar-refractivity contribution in [2.45, 2.75) is 53.4 Å². The van der Waals surface area contributed by atoms with Gasteiger partial charge in [-0.25, -0.2) is 0 Å². The van der Waals surface area contributed by atoms with Crippen molar-refractivity contribution in [3.05, 3.63) is 28.3 Å². The number of halogens is 1. The molecule has 0 aliphatic rings. The average Bonchev–Trinajstić information content (AvgIpc) is 2.64. The van der Waals surface area contributed by atoms with Crippen LogP contribution in [0, 0.1) is 0 Å². The van der Waals surface area contributed by atoms with Gasteiger partial charge in [0.2, 0.25) is 0 Å². The van der Waals surface area contributed by atoms with Crippen molar-refractivity contribution >= 4 is 23.4 Å². The molecule has 0 unspecified atom stereocenters. The first-order valence-electron chi connectivity index (χ1n) is 9.52. The number of phenolic OH excluding ortho intramolecular Hbond substituents is 1. The Labute approximate surface area is 161 Å². The smallest absolute Gasteiger partial charge is 0.257 e. The SMILES string of the molecule is CCCCN(CC)C(=O)c1cc(Cl)cc(C(=O)N(CC)CCCC)c1O. The summed E-state index contributed by atoms with van der Waals surface area (Å²) in [4.78, 5) is 29.0. The Morgan fingerprint density at radius 3 is 1.58 bits per heavy atom. The summed E-state index contributed by atoms with van der Waals surface area (Å²) in [7, 11) is 0. The van der Waals surface area contributed by atoms with Crippen LogP contribution in [0.2, 0.25) is 5.02 Å². The van der Waals surface area contributed by atoms with Crippen LogP contribution in [0.5, 0.6) is 5.75 Å². The molecular formula is C20H31ClN2O3. The van der Waals surface area contributed by atoms with Crippen molar-refractivity contribution in [2.75, 3.05) is 26.2 Å². The van der Waals surface area contributed by atoms with Crippen LogP contribution in [0.4, 0.5) is 0 Å². The van der Waals surface area contributed by atoms with Crippen molar-refractivity contribution < 1.29 is 14.7 Å². The van der Waals surface area contributed by atoms with E-state index in [2.05, 4.69) is 13.8 Å². The monoisotopic (exact) mass is 382 g/mol. The first kappa shape index (κ1) is 22.3. The van der Waals surface area contributed by atoms with Crippen LogP contribution in [0.15, 0.2) is 12.1 Å². The average molecular weight is 383 g/mol. The summed E-state index contributed by atoms with van der Waals surface area (Å²) >= 11 is 6.16. The molecule has 1 aromatic rings. The minimum absolute atomic E-state index is 0.0883. The largest absolute Gasteiger partial charge is 0.506 e. The molecule has 0 heterocycles. The summed E-state index contributed by atoms with van der Waals surface area (Å²) < 4.78 is 0. The number of carbonyl (C=O) groups excluding carboxylic acids is 2. The molecule has 0 saturated heterocycles. The van der Waals surface area contributed by atoms with Gasteiger partial charge in [0.15, 0.2) is 0 Å². The Kier molecular flexibility index (Phi) is 9.49. The molecular weight excluding hydrogens is 352 g/mol. The van der Waals surface area contributed by atoms with Crippen LogP contribution in [-0.4, -0.2) is 52.9 Å². The summed E-state index contributed by atoms with van der Waals surface area (Å²) in [6.45, 7) is 10.2. The van der Waals surface area contributed by atoms with Gasteiger partial charge in [-0.15, -0.1) is 0 Å². The summed E-state index contributed by atoms with van der Waals surface area (Å²) in [6.07, 6.45) is 3.70. The summed E-state index contributed by atoms with van der Waals surface area (Å²) in [5, 5.41) is 10.9. The second-order valence-electron chi connectivity index (χ2n) is 6.33. The van der Waals surface area contributed by atoms with Gasteiger partial charge in [0.1, 0.15) is 5.75 Å². The van der Waals surface area contributed by atoms with Crippen molar-refractivity contribution in [3.63, 3.8) is 0 Å². The van der Waals surface area contributed by atoms with E-state index in [-0.39, 0.29) is 33.7 Å². The molecule has 2 amide bonds. The highest BCUT2D eigenvalue weighted by atomic mass is 35.5. The maximum absolute atomic E-state index is 12.8. The molecule has 0 spiro atoms. The van der Waals surface area contributed by atoms with Gasteiger partial charge in [-0.3, -0.25) is 9.59 Å². The number of unbranched alkanes of at least 4 members (excludes halogenated alkanes) is 2. The van der Waals surface area contributed by atoms with Crippen molar-refractivity contribution in [2.24, 2.45) is 0 Å². The predicted molar refractivity (Wildman–Crippen MR) is 106 cm³/mol. The molecule has 26 heavy (non-hydrogen) atoms. The van der Waals surface area contributed by atoms with Gasteiger partial charge in [-0.05, 0) is 38.8 Å². The highest BCUT2D eigenvalue weighted by molar-refractivity contribution is 6.31. The zero-order chi connectivity index (χ0) is 19.7. The lowest BCUT2D eigenvalue weighted by Crippen LogP contribution is -2.33. The van der Waals surface area contributed by atoms with Crippen molar-refractivity contribution in [1.29, 1.82) is 0 Å². The molecule has 146 valence electrons. The molecule has 1 aromatic carbocycles. The second kappa shape index (κ2) is 11.1. The van der Waals surface area contributed by atoms with Crippen LogP contribution >= 0.6 is 11.6 Å². The predicted octanol–water partition coefficient (Wildman–Crippen LogP) is 4.57. The van der Waals surface area contributed by atoms with Crippen LogP contribution in [-0.2, 0) is 0 Å². The van der Waals surface area contributed by atoms with Gasteiger partial charge < -0.3 is 14.9 Å². The summed E-state index contributed by atoms with van der Waals surface area (Å²) in [5.74, 6) is -0.882. The molecule has 5 nitrogen and oxygen atoms in total. The minimum atomic E-state index is -0.299. The number of phenols is 1. The Hall–Kier alpha value is -1.75. The minimum Gasteiger partial charge on any atom is -0.506 e. The van der Waals surface area contributed by atoms with Gasteiger partial charge >= 0.3 is 0 Å². The molecule has 0 fully saturated rings. The van der Waals surface area contributed by atoms with Gasteiger partial charge in [0.25, 0.3) is 11.8 Å². The van der Waals surface area contributed by atoms with E-state index in [9.17, 15) is 14.7 Å². The zero-order valence-electron chi connectivity index (χ0n) is 16.3. The van der Waals surface area contributed by atoms with Crippen molar-refractivity contribution in [1.82, 2.24) is 9.80 Å². The normalized spacial score (nSPS) is 10.7. The van der Waals surface area contributed by atoms with Gasteiger partial charge in [0, 0.05) is 31.2 Å². The molecule has 0 radical (unpaired) electrons. The lowest BCUT2D eigenvalue weighted by atomic mass is 10.1. The number of rotatable bonds is 10. The number of amides is 2. The van der Waals surface area contributed by atoms with Crippen LogP contribution in [0.3, 0.4) is 0 Å². The Balaban J connectivity index is 3.21. The molecule has 6 heteroatoms. The number of nitrogens with zero attached hydrogens (tertiary/aromatic N) is 2. The number of benzene rings is 1. The third-order valence-corrected chi connectivity index (χ3v) is 4.65. The molecule has 0 saturated carbocycles. The van der Waals surface area contributed by atoms with E-state index in [0.717, 1.165) is 25.7 Å². The maximum Gasteiger partial charge on any atom is 0.257 e. The number of carbonyl (C=O) groups is 2. The molecule has 0 aliphatic heterocycles. The van der Waals surface area contributed by atoms with E-state index in [1.807, 2.05) is 13.8 Å². The molecule has 0 atom stereocenters. The van der Waals surface area contributed by atoms with E-state index >= 15 is 0 Å². The second-order valence-corrected chi connectivity index (χ2v) is 6.76. The maximum atomic E-state index is 12.8. The van der Waals surface area contributed by atoms with E-state index < -0.39 is 0 Å².